The number of fused-ring (bicyclic) bond motifs is 1. The van der Waals surface area contributed by atoms with Gasteiger partial charge in [-0.05, 0) is 31.5 Å². The maximum Gasteiger partial charge on any atom is 0.181 e. The number of hydrogen-bond donors (Lipinski definition) is 1. The van der Waals surface area contributed by atoms with E-state index in [0.29, 0.717) is 29.0 Å². The molecule has 0 spiro atoms. The second-order valence-corrected chi connectivity index (χ2v) is 6.58. The van der Waals surface area contributed by atoms with E-state index in [1.165, 1.54) is 11.3 Å². The Morgan fingerprint density at radius 2 is 2.33 bits per heavy atom. The maximum absolute atomic E-state index is 12.0. The first-order chi connectivity index (χ1) is 8.70. The van der Waals surface area contributed by atoms with Crippen molar-refractivity contribution < 1.29 is 8.95 Å². The second-order valence-electron chi connectivity index (χ2n) is 3.81. The number of thiazole rings is 1. The molecule has 0 aliphatic heterocycles. The van der Waals surface area contributed by atoms with Gasteiger partial charge in [-0.1, -0.05) is 0 Å². The smallest absolute Gasteiger partial charge is 0.181 e. The van der Waals surface area contributed by atoms with Crippen LogP contribution in [-0.4, -0.2) is 28.2 Å². The number of rotatable bonds is 6. The van der Waals surface area contributed by atoms with Crippen molar-refractivity contribution in [2.45, 2.75) is 17.7 Å². The minimum atomic E-state index is -1.04. The first-order valence-electron chi connectivity index (χ1n) is 5.83. The quantitative estimate of drug-likeness (QED) is 0.653. The summed E-state index contributed by atoms with van der Waals surface area (Å²) in [6, 6.07) is 5.54. The van der Waals surface area contributed by atoms with Crippen LogP contribution in [0.4, 0.5) is 5.69 Å². The summed E-state index contributed by atoms with van der Waals surface area (Å²) in [5.74, 6) is 0.593. The molecule has 1 aromatic heterocycles. The third-order valence-corrected chi connectivity index (χ3v) is 5.17. The molecule has 4 nitrogen and oxygen atoms in total. The first-order valence-corrected chi connectivity index (χ1v) is 7.96. The molecule has 1 atom stereocenters. The molecule has 1 heterocycles. The van der Waals surface area contributed by atoms with Gasteiger partial charge in [-0.25, -0.2) is 4.98 Å². The van der Waals surface area contributed by atoms with E-state index in [2.05, 4.69) is 4.98 Å². The molecule has 1 unspecified atom stereocenters. The van der Waals surface area contributed by atoms with Crippen LogP contribution in [0.5, 0.6) is 0 Å². The largest absolute Gasteiger partial charge is 0.399 e. The average Bonchev–Trinajstić information content (AvgIpc) is 2.77. The third kappa shape index (κ3) is 3.28. The summed E-state index contributed by atoms with van der Waals surface area (Å²) in [5, 5.41) is 0. The van der Waals surface area contributed by atoms with Crippen LogP contribution in [0.15, 0.2) is 22.5 Å². The van der Waals surface area contributed by atoms with Crippen molar-refractivity contribution in [1.82, 2.24) is 4.98 Å². The molecule has 2 N–H and O–H groups in total. The second kappa shape index (κ2) is 6.26. The Morgan fingerprint density at radius 1 is 1.50 bits per heavy atom. The van der Waals surface area contributed by atoms with Crippen LogP contribution in [-0.2, 0) is 15.5 Å². The highest BCUT2D eigenvalue weighted by molar-refractivity contribution is 7.87. The molecule has 0 fully saturated rings. The summed E-state index contributed by atoms with van der Waals surface area (Å²) >= 11 is 1.45. The van der Waals surface area contributed by atoms with Gasteiger partial charge in [0, 0.05) is 24.7 Å². The lowest BCUT2D eigenvalue weighted by molar-refractivity contribution is 0.149. The summed E-state index contributed by atoms with van der Waals surface area (Å²) in [7, 11) is -1.04. The number of nitrogen functional groups attached to an aromatic ring is 1. The molecule has 0 saturated carbocycles. The summed E-state index contributed by atoms with van der Waals surface area (Å²) in [6.07, 6.45) is 0.790. The zero-order valence-electron chi connectivity index (χ0n) is 10.2. The van der Waals surface area contributed by atoms with Crippen molar-refractivity contribution in [3.8, 4) is 0 Å². The van der Waals surface area contributed by atoms with Gasteiger partial charge in [-0.15, -0.1) is 11.3 Å². The highest BCUT2D eigenvalue weighted by atomic mass is 32.2. The minimum Gasteiger partial charge on any atom is -0.399 e. The minimum absolute atomic E-state index is 0.593. The van der Waals surface area contributed by atoms with Crippen LogP contribution >= 0.6 is 11.3 Å². The average molecular weight is 284 g/mol. The van der Waals surface area contributed by atoms with E-state index in [9.17, 15) is 4.21 Å². The summed E-state index contributed by atoms with van der Waals surface area (Å²) in [6.45, 7) is 3.31. The zero-order chi connectivity index (χ0) is 13.0. The van der Waals surface area contributed by atoms with Crippen LogP contribution in [0.25, 0.3) is 10.2 Å². The Morgan fingerprint density at radius 3 is 3.11 bits per heavy atom. The molecule has 1 aromatic carbocycles. The number of nitrogens with two attached hydrogens (primary N) is 1. The van der Waals surface area contributed by atoms with Gasteiger partial charge in [0.25, 0.3) is 0 Å². The van der Waals surface area contributed by atoms with Crippen molar-refractivity contribution in [2.24, 2.45) is 0 Å². The number of anilines is 1. The van der Waals surface area contributed by atoms with Crippen molar-refractivity contribution in [2.75, 3.05) is 24.7 Å². The van der Waals surface area contributed by atoms with Gasteiger partial charge in [-0.3, -0.25) is 4.21 Å². The molecule has 0 bridgehead atoms. The molecule has 2 rings (SSSR count). The number of ether oxygens (including phenoxy) is 1. The highest BCUT2D eigenvalue weighted by Gasteiger charge is 2.10. The fourth-order valence-electron chi connectivity index (χ4n) is 1.54. The molecule has 98 valence electrons. The first kappa shape index (κ1) is 13.5. The van der Waals surface area contributed by atoms with E-state index in [1.807, 2.05) is 25.1 Å². The van der Waals surface area contributed by atoms with E-state index in [-0.39, 0.29) is 0 Å². The SMILES string of the molecule is CCOCCCS(=O)c1nc2ccc(N)cc2s1. The summed E-state index contributed by atoms with van der Waals surface area (Å²) in [5.41, 5.74) is 7.28. The lowest BCUT2D eigenvalue weighted by atomic mass is 10.3. The Labute approximate surface area is 113 Å². The maximum atomic E-state index is 12.0. The summed E-state index contributed by atoms with van der Waals surface area (Å²) < 4.78 is 18.9. The Balaban J connectivity index is 2.04. The van der Waals surface area contributed by atoms with Crippen LogP contribution in [0.2, 0.25) is 0 Å². The van der Waals surface area contributed by atoms with Gasteiger partial charge in [0.15, 0.2) is 4.34 Å². The van der Waals surface area contributed by atoms with Crippen LogP contribution in [0.1, 0.15) is 13.3 Å². The molecule has 2 aromatic rings. The van der Waals surface area contributed by atoms with Crippen LogP contribution < -0.4 is 5.73 Å². The predicted octanol–water partition coefficient (Wildman–Crippen LogP) is 2.41. The van der Waals surface area contributed by atoms with Crippen LogP contribution in [0.3, 0.4) is 0 Å². The Hall–Kier alpha value is -0.980. The molecule has 6 heteroatoms. The number of nitrogens with zero attached hydrogens (tertiary/aromatic N) is 1. The Kier molecular flexibility index (Phi) is 4.68. The van der Waals surface area contributed by atoms with Gasteiger partial charge in [0.1, 0.15) is 0 Å². The van der Waals surface area contributed by atoms with Crippen molar-refractivity contribution >= 4 is 38.0 Å². The topological polar surface area (TPSA) is 65.2 Å². The number of benzene rings is 1. The molecule has 0 radical (unpaired) electrons. The highest BCUT2D eigenvalue weighted by Crippen LogP contribution is 2.26. The van der Waals surface area contributed by atoms with E-state index in [0.717, 1.165) is 16.6 Å². The van der Waals surface area contributed by atoms with Gasteiger partial charge in [0.05, 0.1) is 21.0 Å². The van der Waals surface area contributed by atoms with Gasteiger partial charge < -0.3 is 10.5 Å². The van der Waals surface area contributed by atoms with Gasteiger partial charge in [0.2, 0.25) is 0 Å². The Bertz CT molecular complexity index is 554. The summed E-state index contributed by atoms with van der Waals surface area (Å²) in [4.78, 5) is 4.37. The van der Waals surface area contributed by atoms with Crippen molar-refractivity contribution in [3.05, 3.63) is 18.2 Å². The van der Waals surface area contributed by atoms with Crippen molar-refractivity contribution in [1.29, 1.82) is 0 Å². The predicted molar refractivity (Wildman–Crippen MR) is 76.4 cm³/mol. The number of hydrogen-bond acceptors (Lipinski definition) is 5. The molecule has 0 saturated heterocycles. The molecular weight excluding hydrogens is 268 g/mol. The third-order valence-electron chi connectivity index (χ3n) is 2.41. The lowest BCUT2D eigenvalue weighted by Gasteiger charge is -1.99. The number of aromatic nitrogens is 1. The molecular formula is C12H16N2O2S2. The molecule has 18 heavy (non-hydrogen) atoms. The van der Waals surface area contributed by atoms with Gasteiger partial charge >= 0.3 is 0 Å². The fraction of sp³-hybridized carbons (Fsp3) is 0.417. The standard InChI is InChI=1S/C12H16N2O2S2/c1-2-16-6-3-7-18(15)12-14-10-5-4-9(13)8-11(10)17-12/h4-5,8H,2-3,6-7,13H2,1H3. The normalized spacial score (nSPS) is 12.9. The van der Waals surface area contributed by atoms with Gasteiger partial charge in [-0.2, -0.15) is 0 Å². The van der Waals surface area contributed by atoms with E-state index < -0.39 is 10.8 Å². The lowest BCUT2D eigenvalue weighted by Crippen LogP contribution is -2.02. The fourth-order valence-corrected chi connectivity index (χ4v) is 3.93. The van der Waals surface area contributed by atoms with E-state index in [4.69, 9.17) is 10.5 Å². The molecule has 0 aliphatic rings. The zero-order valence-corrected chi connectivity index (χ0v) is 11.9. The monoisotopic (exact) mass is 284 g/mol. The van der Waals surface area contributed by atoms with Crippen LogP contribution in [0, 0.1) is 0 Å². The molecule has 0 amide bonds. The van der Waals surface area contributed by atoms with E-state index in [1.54, 1.807) is 0 Å². The van der Waals surface area contributed by atoms with Crippen molar-refractivity contribution in [3.63, 3.8) is 0 Å². The van der Waals surface area contributed by atoms with E-state index >= 15 is 0 Å². The molecule has 0 aliphatic carbocycles.